The molecule has 0 bridgehead atoms. The Bertz CT molecular complexity index is 531. The van der Waals surface area contributed by atoms with Crippen LogP contribution in [0.4, 0.5) is 11.5 Å². The summed E-state index contributed by atoms with van der Waals surface area (Å²) in [5.41, 5.74) is 6.63. The molecule has 2 aromatic rings. The quantitative estimate of drug-likeness (QED) is 0.652. The summed E-state index contributed by atoms with van der Waals surface area (Å²) in [6.07, 6.45) is 1.18. The van der Waals surface area contributed by atoms with E-state index in [9.17, 15) is 10.1 Å². The zero-order valence-corrected chi connectivity index (χ0v) is 9.40. The lowest BCUT2D eigenvalue weighted by Crippen LogP contribution is -2.06. The summed E-state index contributed by atoms with van der Waals surface area (Å²) in [6, 6.07) is 1.99. The van der Waals surface area contributed by atoms with Crippen LogP contribution in [0, 0.1) is 17.0 Å². The molecular formula is C9H10N4O2S. The van der Waals surface area contributed by atoms with Gasteiger partial charge < -0.3 is 5.73 Å². The molecule has 0 atom stereocenters. The van der Waals surface area contributed by atoms with Gasteiger partial charge in [0.25, 0.3) is 0 Å². The predicted molar refractivity (Wildman–Crippen MR) is 61.5 cm³/mol. The van der Waals surface area contributed by atoms with Crippen molar-refractivity contribution in [3.63, 3.8) is 0 Å². The predicted octanol–water partition coefficient (Wildman–Crippen LogP) is 1.79. The van der Waals surface area contributed by atoms with Crippen molar-refractivity contribution < 1.29 is 4.92 Å². The minimum Gasteiger partial charge on any atom is -0.378 e. The molecule has 0 spiro atoms. The van der Waals surface area contributed by atoms with E-state index in [0.717, 1.165) is 10.4 Å². The first-order chi connectivity index (χ1) is 7.59. The van der Waals surface area contributed by atoms with Crippen LogP contribution in [0.15, 0.2) is 17.6 Å². The number of thiophene rings is 1. The Balaban J connectivity index is 2.29. The van der Waals surface area contributed by atoms with Crippen LogP contribution < -0.4 is 5.73 Å². The molecule has 6 nitrogen and oxygen atoms in total. The smallest absolute Gasteiger partial charge is 0.330 e. The van der Waals surface area contributed by atoms with Crippen LogP contribution in [-0.4, -0.2) is 14.7 Å². The Morgan fingerprint density at radius 3 is 2.94 bits per heavy atom. The third-order valence-corrected chi connectivity index (χ3v) is 3.33. The molecular weight excluding hydrogens is 228 g/mol. The SMILES string of the molecule is Cc1ccsc1Cn1ncc([N+](=O)[O-])c1N. The average molecular weight is 238 g/mol. The van der Waals surface area contributed by atoms with E-state index in [1.807, 2.05) is 18.4 Å². The Morgan fingerprint density at radius 1 is 1.69 bits per heavy atom. The number of hydrogen-bond acceptors (Lipinski definition) is 5. The molecule has 0 aliphatic heterocycles. The molecule has 0 fully saturated rings. The second-order valence-corrected chi connectivity index (χ2v) is 4.36. The average Bonchev–Trinajstić information content (AvgIpc) is 2.76. The van der Waals surface area contributed by atoms with Gasteiger partial charge in [0.1, 0.15) is 6.20 Å². The number of anilines is 1. The number of nitrogen functional groups attached to an aromatic ring is 1. The van der Waals surface area contributed by atoms with Crippen LogP contribution in [0.25, 0.3) is 0 Å². The summed E-state index contributed by atoms with van der Waals surface area (Å²) in [4.78, 5) is 11.2. The summed E-state index contributed by atoms with van der Waals surface area (Å²) in [6.45, 7) is 2.46. The second-order valence-electron chi connectivity index (χ2n) is 3.36. The molecule has 2 N–H and O–H groups in total. The number of hydrogen-bond donors (Lipinski definition) is 1. The molecule has 0 amide bonds. The molecule has 0 saturated carbocycles. The van der Waals surface area contributed by atoms with Crippen molar-refractivity contribution in [2.24, 2.45) is 0 Å². The van der Waals surface area contributed by atoms with Gasteiger partial charge in [-0.05, 0) is 23.9 Å². The highest BCUT2D eigenvalue weighted by atomic mass is 32.1. The van der Waals surface area contributed by atoms with Crippen LogP contribution >= 0.6 is 11.3 Å². The zero-order valence-electron chi connectivity index (χ0n) is 8.58. The van der Waals surface area contributed by atoms with Crippen LogP contribution in [0.5, 0.6) is 0 Å². The summed E-state index contributed by atoms with van der Waals surface area (Å²) >= 11 is 1.58. The number of aromatic nitrogens is 2. The van der Waals surface area contributed by atoms with E-state index in [1.165, 1.54) is 10.9 Å². The first-order valence-electron chi connectivity index (χ1n) is 4.58. The Morgan fingerprint density at radius 2 is 2.44 bits per heavy atom. The molecule has 0 aliphatic rings. The summed E-state index contributed by atoms with van der Waals surface area (Å²) in [5.74, 6) is 0.0952. The minimum absolute atomic E-state index is 0.0952. The molecule has 7 heteroatoms. The minimum atomic E-state index is -0.528. The fourth-order valence-corrected chi connectivity index (χ4v) is 2.24. The zero-order chi connectivity index (χ0) is 11.7. The van der Waals surface area contributed by atoms with Crippen LogP contribution in [0.1, 0.15) is 10.4 Å². The highest BCUT2D eigenvalue weighted by molar-refractivity contribution is 7.10. The van der Waals surface area contributed by atoms with Gasteiger partial charge in [0.05, 0.1) is 11.5 Å². The molecule has 2 rings (SSSR count). The van der Waals surface area contributed by atoms with E-state index in [-0.39, 0.29) is 11.5 Å². The van der Waals surface area contributed by atoms with Gasteiger partial charge in [-0.25, -0.2) is 4.68 Å². The Labute approximate surface area is 95.5 Å². The largest absolute Gasteiger partial charge is 0.378 e. The van der Waals surface area contributed by atoms with Gasteiger partial charge in [0.15, 0.2) is 0 Å². The van der Waals surface area contributed by atoms with Gasteiger partial charge in [-0.2, -0.15) is 5.10 Å². The summed E-state index contributed by atoms with van der Waals surface area (Å²) in [5, 5.41) is 16.5. The van der Waals surface area contributed by atoms with Gasteiger partial charge in [-0.3, -0.25) is 10.1 Å². The van der Waals surface area contributed by atoms with E-state index in [1.54, 1.807) is 11.3 Å². The lowest BCUT2D eigenvalue weighted by atomic mass is 10.3. The molecule has 0 aromatic carbocycles. The van der Waals surface area contributed by atoms with Crippen molar-refractivity contribution in [1.82, 2.24) is 9.78 Å². The second kappa shape index (κ2) is 3.93. The number of nitro groups is 1. The van der Waals surface area contributed by atoms with E-state index in [2.05, 4.69) is 5.10 Å². The topological polar surface area (TPSA) is 87.0 Å². The number of nitrogens with zero attached hydrogens (tertiary/aromatic N) is 3. The first-order valence-corrected chi connectivity index (χ1v) is 5.46. The molecule has 16 heavy (non-hydrogen) atoms. The highest BCUT2D eigenvalue weighted by Gasteiger charge is 2.17. The van der Waals surface area contributed by atoms with Crippen LogP contribution in [-0.2, 0) is 6.54 Å². The standard InChI is InChI=1S/C9H10N4O2S/c1-6-2-3-16-8(6)5-12-9(10)7(4-11-12)13(14)15/h2-4H,5,10H2,1H3. The number of rotatable bonds is 3. The summed E-state index contributed by atoms with van der Waals surface area (Å²) in [7, 11) is 0. The molecule has 0 radical (unpaired) electrons. The van der Waals surface area contributed by atoms with Crippen LogP contribution in [0.3, 0.4) is 0 Å². The monoisotopic (exact) mass is 238 g/mol. The van der Waals surface area contributed by atoms with Gasteiger partial charge in [-0.15, -0.1) is 11.3 Å². The first kappa shape index (κ1) is 10.6. The fraction of sp³-hybridized carbons (Fsp3) is 0.222. The maximum absolute atomic E-state index is 10.6. The van der Waals surface area contributed by atoms with E-state index >= 15 is 0 Å². The summed E-state index contributed by atoms with van der Waals surface area (Å²) < 4.78 is 1.44. The molecule has 2 heterocycles. The normalized spacial score (nSPS) is 10.6. The van der Waals surface area contributed by atoms with Gasteiger partial charge in [0.2, 0.25) is 5.82 Å². The van der Waals surface area contributed by atoms with Crippen molar-refractivity contribution in [1.29, 1.82) is 0 Å². The third-order valence-electron chi connectivity index (χ3n) is 2.32. The van der Waals surface area contributed by atoms with Crippen molar-refractivity contribution in [2.45, 2.75) is 13.5 Å². The van der Waals surface area contributed by atoms with E-state index in [0.29, 0.717) is 6.54 Å². The lowest BCUT2D eigenvalue weighted by molar-refractivity contribution is -0.384. The van der Waals surface area contributed by atoms with Gasteiger partial charge in [0, 0.05) is 4.88 Å². The van der Waals surface area contributed by atoms with Gasteiger partial charge in [-0.1, -0.05) is 0 Å². The van der Waals surface area contributed by atoms with Crippen molar-refractivity contribution >= 4 is 22.8 Å². The Hall–Kier alpha value is -1.89. The molecule has 0 saturated heterocycles. The molecule has 84 valence electrons. The maximum Gasteiger partial charge on any atom is 0.330 e. The number of aryl methyl sites for hydroxylation is 1. The number of nitrogens with two attached hydrogens (primary N) is 1. The van der Waals surface area contributed by atoms with Gasteiger partial charge >= 0.3 is 5.69 Å². The maximum atomic E-state index is 10.6. The Kier molecular flexibility index (Phi) is 2.61. The molecule has 0 aliphatic carbocycles. The highest BCUT2D eigenvalue weighted by Crippen LogP contribution is 2.23. The van der Waals surface area contributed by atoms with Crippen molar-refractivity contribution in [3.05, 3.63) is 38.2 Å². The lowest BCUT2D eigenvalue weighted by Gasteiger charge is -2.02. The van der Waals surface area contributed by atoms with E-state index < -0.39 is 4.92 Å². The molecule has 0 unspecified atom stereocenters. The third kappa shape index (κ3) is 1.76. The van der Waals surface area contributed by atoms with Crippen molar-refractivity contribution in [3.8, 4) is 0 Å². The van der Waals surface area contributed by atoms with Crippen LogP contribution in [0.2, 0.25) is 0 Å². The molecule has 2 aromatic heterocycles. The van der Waals surface area contributed by atoms with Crippen molar-refractivity contribution in [2.75, 3.05) is 5.73 Å². The fourth-order valence-electron chi connectivity index (χ4n) is 1.35. The van der Waals surface area contributed by atoms with E-state index in [4.69, 9.17) is 5.73 Å².